The third kappa shape index (κ3) is 5.16. The largest absolute Gasteiger partial charge is 0.329 e. The van der Waals surface area contributed by atoms with Crippen LogP contribution in [0.4, 0.5) is 5.69 Å². The third-order valence-electron chi connectivity index (χ3n) is 5.19. The molecule has 0 fully saturated rings. The van der Waals surface area contributed by atoms with E-state index in [1.54, 1.807) is 4.57 Å². The summed E-state index contributed by atoms with van der Waals surface area (Å²) in [6.07, 6.45) is 5.21. The number of imidazole rings is 1. The molecule has 0 unspecified atom stereocenters. The van der Waals surface area contributed by atoms with Crippen molar-refractivity contribution in [2.45, 2.75) is 50.7 Å². The van der Waals surface area contributed by atoms with Gasteiger partial charge in [0.05, 0.1) is 10.7 Å². The van der Waals surface area contributed by atoms with Crippen LogP contribution in [0.3, 0.4) is 0 Å². The number of ketones is 1. The first-order valence-corrected chi connectivity index (χ1v) is 11.4. The van der Waals surface area contributed by atoms with Gasteiger partial charge in [0.25, 0.3) is 11.2 Å². The van der Waals surface area contributed by atoms with Crippen LogP contribution in [0.15, 0.2) is 39.0 Å². The maximum absolute atomic E-state index is 12.6. The van der Waals surface area contributed by atoms with Gasteiger partial charge >= 0.3 is 5.69 Å². The Morgan fingerprint density at radius 1 is 1.16 bits per heavy atom. The summed E-state index contributed by atoms with van der Waals surface area (Å²) in [5.74, 6) is -0.169. The summed E-state index contributed by atoms with van der Waals surface area (Å²) >= 11 is 1.18. The third-order valence-corrected chi connectivity index (χ3v) is 6.17. The Morgan fingerprint density at radius 3 is 2.50 bits per heavy atom. The maximum Gasteiger partial charge on any atom is 0.329 e. The minimum Gasteiger partial charge on any atom is -0.313 e. The van der Waals surface area contributed by atoms with E-state index in [4.69, 9.17) is 0 Å². The summed E-state index contributed by atoms with van der Waals surface area (Å²) in [6, 6.07) is 5.43. The van der Waals surface area contributed by atoms with Gasteiger partial charge < -0.3 is 4.57 Å². The Hall–Kier alpha value is -3.21. The van der Waals surface area contributed by atoms with E-state index in [0.29, 0.717) is 22.8 Å². The molecule has 1 aromatic carbocycles. The summed E-state index contributed by atoms with van der Waals surface area (Å²) in [5, 5.41) is 11.3. The number of aryl methyl sites for hydroxylation is 2. The predicted molar refractivity (Wildman–Crippen MR) is 123 cm³/mol. The molecule has 3 rings (SSSR count). The fourth-order valence-electron chi connectivity index (χ4n) is 3.39. The smallest absolute Gasteiger partial charge is 0.313 e. The number of non-ortho nitro benzene ring substituents is 1. The number of nitrogens with one attached hydrogen (secondary N) is 1. The summed E-state index contributed by atoms with van der Waals surface area (Å²) in [5.41, 5.74) is -0.188. The number of nitro groups is 1. The molecule has 2 aromatic heterocycles. The molecule has 0 saturated carbocycles. The van der Waals surface area contributed by atoms with Crippen molar-refractivity contribution in [3.05, 3.63) is 60.8 Å². The highest BCUT2D eigenvalue weighted by Crippen LogP contribution is 2.24. The zero-order chi connectivity index (χ0) is 23.3. The number of unbranched alkanes of at least 4 members (excludes halogenated alkanes) is 4. The number of rotatable bonds is 11. The van der Waals surface area contributed by atoms with Crippen molar-refractivity contribution in [3.8, 4) is 0 Å². The molecule has 0 aliphatic rings. The minimum atomic E-state index is -0.548. The normalized spacial score (nSPS) is 11.2. The quantitative estimate of drug-likeness (QED) is 0.153. The Balaban J connectivity index is 1.84. The van der Waals surface area contributed by atoms with Crippen LogP contribution in [0.25, 0.3) is 11.2 Å². The topological polar surface area (TPSA) is 133 Å². The van der Waals surface area contributed by atoms with Crippen molar-refractivity contribution < 1.29 is 9.72 Å². The number of aromatic nitrogens is 4. The minimum absolute atomic E-state index is 0.0445. The number of nitro benzene ring substituents is 1. The van der Waals surface area contributed by atoms with Crippen LogP contribution in [-0.2, 0) is 13.6 Å². The zero-order valence-electron chi connectivity index (χ0n) is 18.0. The molecule has 0 aliphatic carbocycles. The molecular formula is C21H25N5O5S. The Bertz CT molecular complexity index is 1240. The molecule has 170 valence electrons. The average molecular weight is 460 g/mol. The number of thioether (sulfide) groups is 1. The molecular weight excluding hydrogens is 434 g/mol. The molecule has 0 radical (unpaired) electrons. The molecule has 11 heteroatoms. The van der Waals surface area contributed by atoms with Crippen LogP contribution in [0.5, 0.6) is 0 Å². The highest BCUT2D eigenvalue weighted by Gasteiger charge is 2.19. The van der Waals surface area contributed by atoms with Crippen LogP contribution in [0, 0.1) is 10.1 Å². The summed E-state index contributed by atoms with van der Waals surface area (Å²) < 4.78 is 3.06. The fraction of sp³-hybridized carbons (Fsp3) is 0.429. The molecule has 0 atom stereocenters. The number of hydrogen-bond acceptors (Lipinski definition) is 7. The van der Waals surface area contributed by atoms with Crippen LogP contribution in [0.1, 0.15) is 49.4 Å². The van der Waals surface area contributed by atoms with Gasteiger partial charge in [-0.05, 0) is 18.6 Å². The molecule has 0 amide bonds. The van der Waals surface area contributed by atoms with E-state index >= 15 is 0 Å². The predicted octanol–water partition coefficient (Wildman–Crippen LogP) is 3.28. The number of carbonyl (C=O) groups excluding carboxylic acids is 1. The van der Waals surface area contributed by atoms with E-state index in [9.17, 15) is 24.5 Å². The van der Waals surface area contributed by atoms with E-state index in [-0.39, 0.29) is 22.9 Å². The van der Waals surface area contributed by atoms with Gasteiger partial charge in [-0.2, -0.15) is 0 Å². The van der Waals surface area contributed by atoms with Crippen molar-refractivity contribution in [3.63, 3.8) is 0 Å². The second-order valence-corrected chi connectivity index (χ2v) is 8.41. The Kier molecular flexibility index (Phi) is 7.62. The molecule has 32 heavy (non-hydrogen) atoms. The van der Waals surface area contributed by atoms with Crippen LogP contribution >= 0.6 is 11.8 Å². The molecule has 2 heterocycles. The summed E-state index contributed by atoms with van der Waals surface area (Å²) in [7, 11) is 1.54. The first-order chi connectivity index (χ1) is 15.3. The lowest BCUT2D eigenvalue weighted by molar-refractivity contribution is -0.384. The molecule has 1 N–H and O–H groups in total. The van der Waals surface area contributed by atoms with Crippen molar-refractivity contribution in [2.24, 2.45) is 7.05 Å². The second-order valence-electron chi connectivity index (χ2n) is 7.47. The van der Waals surface area contributed by atoms with Gasteiger partial charge in [-0.25, -0.2) is 9.78 Å². The van der Waals surface area contributed by atoms with E-state index in [0.717, 1.165) is 32.1 Å². The molecule has 0 bridgehead atoms. The fourth-order valence-corrected chi connectivity index (χ4v) is 4.30. The van der Waals surface area contributed by atoms with E-state index in [2.05, 4.69) is 16.9 Å². The lowest BCUT2D eigenvalue weighted by Gasteiger charge is -2.08. The number of aromatic amines is 1. The number of hydrogen-bond donors (Lipinski definition) is 1. The van der Waals surface area contributed by atoms with Crippen molar-refractivity contribution in [2.75, 3.05) is 5.75 Å². The first-order valence-electron chi connectivity index (χ1n) is 10.4. The van der Waals surface area contributed by atoms with E-state index in [1.165, 1.54) is 47.6 Å². The summed E-state index contributed by atoms with van der Waals surface area (Å²) in [6.45, 7) is 2.69. The van der Waals surface area contributed by atoms with Gasteiger partial charge in [-0.3, -0.25) is 29.3 Å². The first kappa shape index (κ1) is 23.5. The van der Waals surface area contributed by atoms with E-state index in [1.807, 2.05) is 0 Å². The van der Waals surface area contributed by atoms with Gasteiger partial charge in [0, 0.05) is 31.3 Å². The highest BCUT2D eigenvalue weighted by atomic mass is 32.2. The maximum atomic E-state index is 12.6. The number of fused-ring (bicyclic) bond motifs is 1. The number of nitrogens with zero attached hydrogens (tertiary/aromatic N) is 4. The van der Waals surface area contributed by atoms with Gasteiger partial charge in [0.15, 0.2) is 22.1 Å². The zero-order valence-corrected chi connectivity index (χ0v) is 18.8. The van der Waals surface area contributed by atoms with Crippen molar-refractivity contribution in [1.29, 1.82) is 0 Å². The summed E-state index contributed by atoms with van der Waals surface area (Å²) in [4.78, 5) is 54.1. The SMILES string of the molecule is CCCCCCCn1c(SCC(=O)c2ccc([N+](=O)[O-])cc2)nc2c1c(=O)[nH]c(=O)n2C. The lowest BCUT2D eigenvalue weighted by Crippen LogP contribution is -2.29. The molecule has 3 aromatic rings. The van der Waals surface area contributed by atoms with Gasteiger partial charge in [0.1, 0.15) is 0 Å². The van der Waals surface area contributed by atoms with Gasteiger partial charge in [0.2, 0.25) is 0 Å². The second kappa shape index (κ2) is 10.4. The molecule has 0 aliphatic heterocycles. The van der Waals surface area contributed by atoms with Crippen molar-refractivity contribution in [1.82, 2.24) is 19.1 Å². The molecule has 0 saturated heterocycles. The van der Waals surface area contributed by atoms with Gasteiger partial charge in [-0.15, -0.1) is 0 Å². The van der Waals surface area contributed by atoms with Crippen LogP contribution < -0.4 is 11.2 Å². The number of H-pyrrole nitrogens is 1. The van der Waals surface area contributed by atoms with Crippen LogP contribution in [-0.4, -0.2) is 35.6 Å². The lowest BCUT2D eigenvalue weighted by atomic mass is 10.1. The number of carbonyl (C=O) groups is 1. The van der Waals surface area contributed by atoms with Crippen molar-refractivity contribution >= 4 is 34.4 Å². The molecule has 10 nitrogen and oxygen atoms in total. The number of Topliss-reactive ketones (excluding diaryl/α,β-unsaturated/α-hetero) is 1. The molecule has 0 spiro atoms. The monoisotopic (exact) mass is 459 g/mol. The number of benzene rings is 1. The Labute approximate surface area is 187 Å². The van der Waals surface area contributed by atoms with Crippen LogP contribution in [0.2, 0.25) is 0 Å². The Morgan fingerprint density at radius 2 is 1.84 bits per heavy atom. The van der Waals surface area contributed by atoms with E-state index < -0.39 is 16.2 Å². The highest BCUT2D eigenvalue weighted by molar-refractivity contribution is 7.99. The average Bonchev–Trinajstić information content (AvgIpc) is 3.15. The standard InChI is InChI=1S/C21H25N5O5S/c1-3-4-5-6-7-12-25-17-18(24(2)20(29)23-19(17)28)22-21(25)32-13-16(27)14-8-10-15(11-9-14)26(30)31/h8-11H,3-7,12-13H2,1-2H3,(H,23,28,29). The van der Waals surface area contributed by atoms with Gasteiger partial charge in [-0.1, -0.05) is 44.4 Å².